The van der Waals surface area contributed by atoms with Crippen molar-refractivity contribution in [3.8, 4) is 0 Å². The van der Waals surface area contributed by atoms with E-state index in [4.69, 9.17) is 0 Å². The van der Waals surface area contributed by atoms with Crippen molar-refractivity contribution in [2.24, 2.45) is 0 Å². The quantitative estimate of drug-likeness (QED) is 0.560. The van der Waals surface area contributed by atoms with Crippen LogP contribution in [0.2, 0.25) is 0 Å². The van der Waals surface area contributed by atoms with E-state index in [1.54, 1.807) is 24.3 Å². The van der Waals surface area contributed by atoms with Crippen LogP contribution in [-0.2, 0) is 4.79 Å². The first-order valence-electron chi connectivity index (χ1n) is 9.49. The van der Waals surface area contributed by atoms with Gasteiger partial charge >= 0.3 is 0 Å². The van der Waals surface area contributed by atoms with E-state index in [0.717, 1.165) is 5.56 Å². The fourth-order valence-corrected chi connectivity index (χ4v) is 4.29. The van der Waals surface area contributed by atoms with Crippen LogP contribution in [0.4, 0.5) is 5.69 Å². The number of aliphatic hydroxyl groups excluding tert-OH is 1. The van der Waals surface area contributed by atoms with Crippen LogP contribution in [0, 0.1) is 0 Å². The Bertz CT molecular complexity index is 1070. The van der Waals surface area contributed by atoms with Gasteiger partial charge in [0, 0.05) is 5.69 Å². The molecule has 2 heterocycles. The number of thiophene rings is 1. The number of hydrogen-bond donors (Lipinski definition) is 1. The summed E-state index contributed by atoms with van der Waals surface area (Å²) in [5.41, 5.74) is 2.72. The molecule has 4 nitrogen and oxygen atoms in total. The zero-order valence-corrected chi connectivity index (χ0v) is 17.0. The summed E-state index contributed by atoms with van der Waals surface area (Å²) in [6, 6.07) is 19.8. The number of carbonyl (C=O) groups excluding carboxylic acids is 2. The molecule has 5 heteroatoms. The van der Waals surface area contributed by atoms with Gasteiger partial charge in [-0.2, -0.15) is 0 Å². The molecule has 1 N–H and O–H groups in total. The molecule has 1 amide bonds. The molecule has 146 valence electrons. The van der Waals surface area contributed by atoms with Crippen LogP contribution in [0.5, 0.6) is 0 Å². The third-order valence-electron chi connectivity index (χ3n) is 5.15. The van der Waals surface area contributed by atoms with Gasteiger partial charge in [-0.05, 0) is 40.6 Å². The number of benzene rings is 2. The van der Waals surface area contributed by atoms with Gasteiger partial charge in [-0.1, -0.05) is 62.4 Å². The molecular weight excluding hydrogens is 382 g/mol. The van der Waals surface area contributed by atoms with Crippen molar-refractivity contribution in [1.29, 1.82) is 0 Å². The number of Topliss-reactive ketones (excluding diaryl/α,β-unsaturated/α-hetero) is 1. The molecule has 3 aromatic rings. The number of amides is 1. The zero-order chi connectivity index (χ0) is 20.5. The highest BCUT2D eigenvalue weighted by atomic mass is 32.1. The third kappa shape index (κ3) is 3.38. The number of hydrogen-bond acceptors (Lipinski definition) is 4. The minimum absolute atomic E-state index is 0.124. The van der Waals surface area contributed by atoms with E-state index in [9.17, 15) is 14.7 Å². The third-order valence-corrected chi connectivity index (χ3v) is 6.02. The number of ketones is 1. The molecule has 1 aromatic heterocycles. The Morgan fingerprint density at radius 1 is 1.00 bits per heavy atom. The molecule has 0 fully saturated rings. The van der Waals surface area contributed by atoms with Crippen LogP contribution >= 0.6 is 11.3 Å². The Kier molecular flexibility index (Phi) is 5.07. The Morgan fingerprint density at radius 3 is 2.28 bits per heavy atom. The predicted molar refractivity (Wildman–Crippen MR) is 116 cm³/mol. The van der Waals surface area contributed by atoms with Crippen molar-refractivity contribution >= 4 is 28.7 Å². The lowest BCUT2D eigenvalue weighted by molar-refractivity contribution is -0.117. The van der Waals surface area contributed by atoms with Gasteiger partial charge in [-0.3, -0.25) is 14.5 Å². The lowest BCUT2D eigenvalue weighted by Gasteiger charge is -2.27. The molecule has 0 spiro atoms. The summed E-state index contributed by atoms with van der Waals surface area (Å²) in [7, 11) is 0. The van der Waals surface area contributed by atoms with Crippen molar-refractivity contribution in [2.75, 3.05) is 4.90 Å². The molecule has 1 atom stereocenters. The van der Waals surface area contributed by atoms with Crippen LogP contribution < -0.4 is 4.90 Å². The highest BCUT2D eigenvalue weighted by Gasteiger charge is 2.44. The molecule has 1 aliphatic heterocycles. The Balaban J connectivity index is 1.86. The van der Waals surface area contributed by atoms with E-state index in [1.807, 2.05) is 47.8 Å². The molecule has 0 aliphatic carbocycles. The molecule has 29 heavy (non-hydrogen) atoms. The summed E-state index contributed by atoms with van der Waals surface area (Å²) in [6.07, 6.45) is 0. The Hall–Kier alpha value is -3.18. The van der Waals surface area contributed by atoms with Crippen LogP contribution in [0.1, 0.15) is 46.6 Å². The molecular formula is C24H21NO3S. The Labute approximate surface area is 173 Å². The summed E-state index contributed by atoms with van der Waals surface area (Å²) >= 11 is 1.30. The molecule has 2 aromatic carbocycles. The van der Waals surface area contributed by atoms with Crippen LogP contribution in [-0.4, -0.2) is 16.8 Å². The van der Waals surface area contributed by atoms with Gasteiger partial charge in [-0.15, -0.1) is 11.3 Å². The largest absolute Gasteiger partial charge is 0.503 e. The summed E-state index contributed by atoms with van der Waals surface area (Å²) in [5, 5.41) is 12.5. The van der Waals surface area contributed by atoms with E-state index in [1.165, 1.54) is 21.8 Å². The summed E-state index contributed by atoms with van der Waals surface area (Å²) < 4.78 is 0. The van der Waals surface area contributed by atoms with E-state index >= 15 is 0 Å². The average molecular weight is 404 g/mol. The molecule has 0 unspecified atom stereocenters. The number of rotatable bonds is 5. The molecule has 1 aliphatic rings. The summed E-state index contributed by atoms with van der Waals surface area (Å²) in [5.74, 6) is -0.989. The first-order chi connectivity index (χ1) is 14.0. The van der Waals surface area contributed by atoms with Gasteiger partial charge in [-0.25, -0.2) is 0 Å². The number of aliphatic hydroxyl groups is 1. The number of para-hydroxylation sites is 1. The molecule has 4 rings (SSSR count). The lowest BCUT2D eigenvalue weighted by atomic mass is 9.93. The molecule has 0 saturated heterocycles. The van der Waals surface area contributed by atoms with Crippen LogP contribution in [0.3, 0.4) is 0 Å². The second-order valence-electron chi connectivity index (χ2n) is 7.30. The van der Waals surface area contributed by atoms with Crippen LogP contribution in [0.15, 0.2) is 83.4 Å². The number of carbonyl (C=O) groups is 2. The smallest absolute Gasteiger partial charge is 0.294 e. The Morgan fingerprint density at radius 2 is 1.69 bits per heavy atom. The van der Waals surface area contributed by atoms with E-state index in [-0.39, 0.29) is 11.4 Å². The molecule has 0 saturated carbocycles. The van der Waals surface area contributed by atoms with Gasteiger partial charge in [0.2, 0.25) is 5.78 Å². The van der Waals surface area contributed by atoms with Crippen molar-refractivity contribution < 1.29 is 14.7 Å². The predicted octanol–water partition coefficient (Wildman–Crippen LogP) is 5.65. The van der Waals surface area contributed by atoms with E-state index < -0.39 is 17.7 Å². The standard InChI is InChI=1S/C24H21NO3S/c1-15(2)16-10-12-17(13-11-16)21-20(22(26)19-9-6-14-29-19)23(27)24(28)25(21)18-7-4-3-5-8-18/h3-15,21,27H,1-2H3/t21-/m1/s1. The fourth-order valence-electron chi connectivity index (χ4n) is 3.61. The maximum absolute atomic E-state index is 13.2. The monoisotopic (exact) mass is 403 g/mol. The van der Waals surface area contributed by atoms with Crippen LogP contribution in [0.25, 0.3) is 0 Å². The number of nitrogens with zero attached hydrogens (tertiary/aromatic N) is 1. The van der Waals surface area contributed by atoms with Crippen molar-refractivity contribution in [3.63, 3.8) is 0 Å². The van der Waals surface area contributed by atoms with E-state index in [2.05, 4.69) is 13.8 Å². The fraction of sp³-hybridized carbons (Fsp3) is 0.167. The second-order valence-corrected chi connectivity index (χ2v) is 8.25. The van der Waals surface area contributed by atoms with Gasteiger partial charge in [0.25, 0.3) is 5.91 Å². The lowest BCUT2D eigenvalue weighted by Crippen LogP contribution is -2.31. The number of anilines is 1. The van der Waals surface area contributed by atoms with E-state index in [0.29, 0.717) is 16.5 Å². The SMILES string of the molecule is CC(C)c1ccc([C@@H]2C(C(=O)c3cccs3)=C(O)C(=O)N2c2ccccc2)cc1. The highest BCUT2D eigenvalue weighted by Crippen LogP contribution is 2.42. The minimum Gasteiger partial charge on any atom is -0.503 e. The van der Waals surface area contributed by atoms with Gasteiger partial charge in [0.15, 0.2) is 5.76 Å². The zero-order valence-electron chi connectivity index (χ0n) is 16.2. The first-order valence-corrected chi connectivity index (χ1v) is 10.4. The van der Waals surface area contributed by atoms with Gasteiger partial charge < -0.3 is 5.11 Å². The van der Waals surface area contributed by atoms with Gasteiger partial charge in [0.05, 0.1) is 16.5 Å². The molecule has 0 bridgehead atoms. The minimum atomic E-state index is -0.680. The summed E-state index contributed by atoms with van der Waals surface area (Å²) in [4.78, 5) is 28.2. The molecule has 0 radical (unpaired) electrons. The normalized spacial score (nSPS) is 16.7. The van der Waals surface area contributed by atoms with Crippen molar-refractivity contribution in [2.45, 2.75) is 25.8 Å². The van der Waals surface area contributed by atoms with Crippen molar-refractivity contribution in [3.05, 3.63) is 99.4 Å². The first kappa shape index (κ1) is 19.2. The highest BCUT2D eigenvalue weighted by molar-refractivity contribution is 7.12. The van der Waals surface area contributed by atoms with Gasteiger partial charge in [0.1, 0.15) is 0 Å². The maximum atomic E-state index is 13.2. The van der Waals surface area contributed by atoms with Crippen molar-refractivity contribution in [1.82, 2.24) is 0 Å². The average Bonchev–Trinajstić information content (AvgIpc) is 3.36. The maximum Gasteiger partial charge on any atom is 0.294 e. The summed E-state index contributed by atoms with van der Waals surface area (Å²) in [6.45, 7) is 4.23. The topological polar surface area (TPSA) is 57.6 Å². The second kappa shape index (κ2) is 7.68.